The molecule has 1 aromatic rings. The predicted octanol–water partition coefficient (Wildman–Crippen LogP) is 2.38. The van der Waals surface area contributed by atoms with Crippen LogP contribution in [0.2, 0.25) is 0 Å². The van der Waals surface area contributed by atoms with Crippen molar-refractivity contribution in [3.8, 4) is 0 Å². The average Bonchev–Trinajstić information content (AvgIpc) is 2.85. The Morgan fingerprint density at radius 2 is 2.43 bits per heavy atom. The second-order valence-corrected chi connectivity index (χ2v) is 4.59. The molecule has 1 fully saturated rings. The Bertz CT molecular complexity index is 307. The minimum absolute atomic E-state index is 0.203. The van der Waals surface area contributed by atoms with Gasteiger partial charge in [-0.1, -0.05) is 6.42 Å². The lowest BCUT2D eigenvalue weighted by atomic mass is 9.90. The molecule has 0 aromatic carbocycles. The number of nitrogens with one attached hydrogen (secondary N) is 1. The van der Waals surface area contributed by atoms with Crippen molar-refractivity contribution in [1.29, 1.82) is 0 Å². The summed E-state index contributed by atoms with van der Waals surface area (Å²) in [4.78, 5) is 11.6. The van der Waals surface area contributed by atoms with Gasteiger partial charge in [0.1, 0.15) is 0 Å². The number of hydrogen-bond donors (Lipinski definition) is 1. The van der Waals surface area contributed by atoms with Gasteiger partial charge in [0.25, 0.3) is 0 Å². The van der Waals surface area contributed by atoms with Gasteiger partial charge in [0, 0.05) is 13.0 Å². The molecule has 1 aliphatic rings. The molecule has 14 heavy (non-hydrogen) atoms. The molecule has 0 aliphatic heterocycles. The summed E-state index contributed by atoms with van der Waals surface area (Å²) in [7, 11) is 1.73. The van der Waals surface area contributed by atoms with Crippen LogP contribution in [0, 0.1) is 5.92 Å². The molecular formula is C11H15NOS. The molecule has 1 N–H and O–H groups in total. The van der Waals surface area contributed by atoms with Gasteiger partial charge < -0.3 is 5.32 Å². The molecule has 1 aromatic heterocycles. The summed E-state index contributed by atoms with van der Waals surface area (Å²) in [5.41, 5.74) is 1.35. The van der Waals surface area contributed by atoms with Crippen LogP contribution in [0.25, 0.3) is 0 Å². The third-order valence-electron chi connectivity index (χ3n) is 3.07. The van der Waals surface area contributed by atoms with Crippen LogP contribution >= 0.6 is 11.3 Å². The Labute approximate surface area is 88.3 Å². The van der Waals surface area contributed by atoms with Gasteiger partial charge >= 0.3 is 0 Å². The number of thiophene rings is 1. The molecule has 3 heteroatoms. The molecule has 1 saturated carbocycles. The van der Waals surface area contributed by atoms with Gasteiger partial charge in [-0.3, -0.25) is 4.79 Å². The molecule has 0 bridgehead atoms. The average molecular weight is 209 g/mol. The third kappa shape index (κ3) is 1.69. The fourth-order valence-corrected chi connectivity index (χ4v) is 3.07. The molecule has 2 nitrogen and oxygen atoms in total. The van der Waals surface area contributed by atoms with E-state index in [1.807, 2.05) is 0 Å². The van der Waals surface area contributed by atoms with Crippen molar-refractivity contribution < 1.29 is 4.79 Å². The third-order valence-corrected chi connectivity index (χ3v) is 3.77. The van der Waals surface area contributed by atoms with Gasteiger partial charge in [-0.15, -0.1) is 0 Å². The van der Waals surface area contributed by atoms with E-state index in [9.17, 15) is 4.79 Å². The number of carbonyl (C=O) groups excluding carboxylic acids is 1. The first-order valence-corrected chi connectivity index (χ1v) is 6.01. The maximum absolute atomic E-state index is 11.6. The molecular weight excluding hydrogens is 194 g/mol. The summed E-state index contributed by atoms with van der Waals surface area (Å²) in [6.45, 7) is 0. The summed E-state index contributed by atoms with van der Waals surface area (Å²) in [6.07, 6.45) is 3.38. The minimum atomic E-state index is 0.203. The van der Waals surface area contributed by atoms with Crippen molar-refractivity contribution in [2.75, 3.05) is 7.05 Å². The standard InChI is InChI=1S/C11H15NOS/c1-12-11(13)10-4-2-3-9(10)8-5-6-14-7-8/h5-7,9-10H,2-4H2,1H3,(H,12,13)/t9-,10-/m0/s1. The minimum Gasteiger partial charge on any atom is -0.359 e. The highest BCUT2D eigenvalue weighted by atomic mass is 32.1. The van der Waals surface area contributed by atoms with Crippen molar-refractivity contribution >= 4 is 17.2 Å². The number of carbonyl (C=O) groups is 1. The van der Waals surface area contributed by atoms with Crippen LogP contribution in [0.3, 0.4) is 0 Å². The fraction of sp³-hybridized carbons (Fsp3) is 0.545. The largest absolute Gasteiger partial charge is 0.359 e. The van der Waals surface area contributed by atoms with E-state index in [1.54, 1.807) is 18.4 Å². The highest BCUT2D eigenvalue weighted by molar-refractivity contribution is 7.07. The van der Waals surface area contributed by atoms with Crippen LogP contribution in [-0.2, 0) is 4.79 Å². The Morgan fingerprint density at radius 3 is 3.07 bits per heavy atom. The lowest BCUT2D eigenvalue weighted by Crippen LogP contribution is -2.28. The summed E-state index contributed by atoms with van der Waals surface area (Å²) < 4.78 is 0. The molecule has 1 aliphatic carbocycles. The SMILES string of the molecule is CNC(=O)[C@H]1CCC[C@H]1c1ccsc1. The highest BCUT2D eigenvalue weighted by Crippen LogP contribution is 2.40. The van der Waals surface area contributed by atoms with E-state index >= 15 is 0 Å². The predicted molar refractivity (Wildman–Crippen MR) is 58.5 cm³/mol. The zero-order chi connectivity index (χ0) is 9.97. The van der Waals surface area contributed by atoms with Gasteiger partial charge in [-0.2, -0.15) is 11.3 Å². The number of rotatable bonds is 2. The van der Waals surface area contributed by atoms with E-state index in [2.05, 4.69) is 22.1 Å². The van der Waals surface area contributed by atoms with Crippen molar-refractivity contribution in [2.24, 2.45) is 5.92 Å². The smallest absolute Gasteiger partial charge is 0.223 e. The molecule has 0 unspecified atom stereocenters. The van der Waals surface area contributed by atoms with Crippen LogP contribution in [0.4, 0.5) is 0 Å². The zero-order valence-electron chi connectivity index (χ0n) is 8.32. The Hall–Kier alpha value is -0.830. The van der Waals surface area contributed by atoms with Crippen LogP contribution in [0.1, 0.15) is 30.7 Å². The monoisotopic (exact) mass is 209 g/mol. The van der Waals surface area contributed by atoms with E-state index in [4.69, 9.17) is 0 Å². The summed E-state index contributed by atoms with van der Waals surface area (Å²) >= 11 is 1.72. The topological polar surface area (TPSA) is 29.1 Å². The molecule has 0 spiro atoms. The zero-order valence-corrected chi connectivity index (χ0v) is 9.14. The molecule has 1 heterocycles. The van der Waals surface area contributed by atoms with Crippen LogP contribution in [-0.4, -0.2) is 13.0 Å². The lowest BCUT2D eigenvalue weighted by Gasteiger charge is -2.16. The molecule has 1 amide bonds. The maximum Gasteiger partial charge on any atom is 0.223 e. The van der Waals surface area contributed by atoms with Crippen LogP contribution in [0.5, 0.6) is 0 Å². The van der Waals surface area contributed by atoms with Gasteiger partial charge in [-0.05, 0) is 41.1 Å². The van der Waals surface area contributed by atoms with Crippen molar-refractivity contribution in [3.05, 3.63) is 22.4 Å². The van der Waals surface area contributed by atoms with Crippen molar-refractivity contribution in [3.63, 3.8) is 0 Å². The summed E-state index contributed by atoms with van der Waals surface area (Å²) in [5.74, 6) is 0.870. The van der Waals surface area contributed by atoms with Crippen LogP contribution < -0.4 is 5.32 Å². The molecule has 0 saturated heterocycles. The molecule has 76 valence electrons. The normalized spacial score (nSPS) is 26.4. The molecule has 2 rings (SSSR count). The van der Waals surface area contributed by atoms with Crippen molar-refractivity contribution in [2.45, 2.75) is 25.2 Å². The quantitative estimate of drug-likeness (QED) is 0.796. The molecule has 2 atom stereocenters. The first kappa shape index (κ1) is 9.71. The first-order chi connectivity index (χ1) is 6.83. The number of hydrogen-bond acceptors (Lipinski definition) is 2. The van der Waals surface area contributed by atoms with Crippen molar-refractivity contribution in [1.82, 2.24) is 5.32 Å². The van der Waals surface area contributed by atoms with Gasteiger partial charge in [0.05, 0.1) is 0 Å². The Kier molecular flexibility index (Phi) is 2.87. The lowest BCUT2D eigenvalue weighted by molar-refractivity contribution is -0.124. The van der Waals surface area contributed by atoms with E-state index in [0.29, 0.717) is 5.92 Å². The van der Waals surface area contributed by atoms with Gasteiger partial charge in [0.15, 0.2) is 0 Å². The number of amides is 1. The fourth-order valence-electron chi connectivity index (χ4n) is 2.34. The molecule has 0 radical (unpaired) electrons. The Balaban J connectivity index is 2.15. The Morgan fingerprint density at radius 1 is 1.57 bits per heavy atom. The second-order valence-electron chi connectivity index (χ2n) is 3.81. The van der Waals surface area contributed by atoms with E-state index in [0.717, 1.165) is 12.8 Å². The van der Waals surface area contributed by atoms with Gasteiger partial charge in [0.2, 0.25) is 5.91 Å². The van der Waals surface area contributed by atoms with E-state index in [-0.39, 0.29) is 11.8 Å². The first-order valence-electron chi connectivity index (χ1n) is 5.06. The second kappa shape index (κ2) is 4.13. The maximum atomic E-state index is 11.6. The summed E-state index contributed by atoms with van der Waals surface area (Å²) in [5, 5.41) is 7.03. The summed E-state index contributed by atoms with van der Waals surface area (Å²) in [6, 6.07) is 2.15. The van der Waals surface area contributed by atoms with Crippen LogP contribution in [0.15, 0.2) is 16.8 Å². The highest BCUT2D eigenvalue weighted by Gasteiger charge is 2.33. The van der Waals surface area contributed by atoms with Gasteiger partial charge in [-0.25, -0.2) is 0 Å². The van der Waals surface area contributed by atoms with E-state index < -0.39 is 0 Å². The van der Waals surface area contributed by atoms with E-state index in [1.165, 1.54) is 12.0 Å².